The van der Waals surface area contributed by atoms with Crippen molar-refractivity contribution in [2.24, 2.45) is 0 Å². The van der Waals surface area contributed by atoms with Crippen molar-refractivity contribution >= 4 is 0 Å². The summed E-state index contributed by atoms with van der Waals surface area (Å²) >= 11 is 0. The Bertz CT molecular complexity index is 342. The van der Waals surface area contributed by atoms with E-state index in [2.05, 4.69) is 9.88 Å². The molecule has 0 saturated carbocycles. The van der Waals surface area contributed by atoms with E-state index >= 15 is 0 Å². The lowest BCUT2D eigenvalue weighted by Crippen LogP contribution is -2.32. The predicted octanol–water partition coefficient (Wildman–Crippen LogP) is 0.283. The third-order valence-corrected chi connectivity index (χ3v) is 2.74. The Labute approximate surface area is 101 Å². The zero-order valence-corrected chi connectivity index (χ0v) is 10.0. The first-order valence-corrected chi connectivity index (χ1v) is 5.75. The SMILES string of the molecule is COc1ccc(CN2CCOC[C@H](O)C2)cn1. The third-order valence-electron chi connectivity index (χ3n) is 2.74. The number of pyridine rings is 1. The second kappa shape index (κ2) is 5.95. The van der Waals surface area contributed by atoms with E-state index in [1.165, 1.54) is 0 Å². The van der Waals surface area contributed by atoms with Crippen LogP contribution in [0.2, 0.25) is 0 Å². The van der Waals surface area contributed by atoms with Gasteiger partial charge in [-0.25, -0.2) is 4.98 Å². The number of rotatable bonds is 3. The van der Waals surface area contributed by atoms with Crippen LogP contribution < -0.4 is 4.74 Å². The zero-order chi connectivity index (χ0) is 12.1. The Morgan fingerprint density at radius 1 is 1.59 bits per heavy atom. The third kappa shape index (κ3) is 3.66. The van der Waals surface area contributed by atoms with Gasteiger partial charge in [-0.1, -0.05) is 6.07 Å². The summed E-state index contributed by atoms with van der Waals surface area (Å²) in [7, 11) is 1.60. The van der Waals surface area contributed by atoms with Crippen LogP contribution >= 0.6 is 0 Å². The number of ether oxygens (including phenoxy) is 2. The van der Waals surface area contributed by atoms with E-state index in [1.54, 1.807) is 13.3 Å². The molecular formula is C12H18N2O3. The molecule has 2 rings (SSSR count). The van der Waals surface area contributed by atoms with Gasteiger partial charge in [0.05, 0.1) is 26.4 Å². The van der Waals surface area contributed by atoms with Crippen LogP contribution in [0.5, 0.6) is 5.88 Å². The molecule has 94 valence electrons. The van der Waals surface area contributed by atoms with Gasteiger partial charge in [0.1, 0.15) is 0 Å². The first kappa shape index (κ1) is 12.3. The molecule has 0 amide bonds. The van der Waals surface area contributed by atoms with E-state index in [4.69, 9.17) is 9.47 Å². The summed E-state index contributed by atoms with van der Waals surface area (Å²) in [6.45, 7) is 3.35. The molecule has 0 aromatic carbocycles. The van der Waals surface area contributed by atoms with Gasteiger partial charge in [-0.3, -0.25) is 4.90 Å². The Morgan fingerprint density at radius 3 is 3.18 bits per heavy atom. The van der Waals surface area contributed by atoms with E-state index in [9.17, 15) is 5.11 Å². The summed E-state index contributed by atoms with van der Waals surface area (Å²) in [6.07, 6.45) is 1.40. The van der Waals surface area contributed by atoms with Crippen LogP contribution in [0.15, 0.2) is 18.3 Å². The van der Waals surface area contributed by atoms with Crippen molar-refractivity contribution in [1.29, 1.82) is 0 Å². The molecule has 5 heteroatoms. The van der Waals surface area contributed by atoms with Gasteiger partial charge in [0.15, 0.2) is 0 Å². The van der Waals surface area contributed by atoms with Crippen LogP contribution in [0.25, 0.3) is 0 Å². The van der Waals surface area contributed by atoms with Crippen LogP contribution in [-0.4, -0.2) is 54.5 Å². The fourth-order valence-corrected chi connectivity index (χ4v) is 1.88. The Morgan fingerprint density at radius 2 is 2.47 bits per heavy atom. The Hall–Kier alpha value is -1.17. The molecule has 0 unspecified atom stereocenters. The minimum absolute atomic E-state index is 0.399. The fourth-order valence-electron chi connectivity index (χ4n) is 1.88. The lowest BCUT2D eigenvalue weighted by atomic mass is 10.2. The van der Waals surface area contributed by atoms with Crippen molar-refractivity contribution in [1.82, 2.24) is 9.88 Å². The monoisotopic (exact) mass is 238 g/mol. The van der Waals surface area contributed by atoms with Crippen molar-refractivity contribution < 1.29 is 14.6 Å². The summed E-state index contributed by atoms with van der Waals surface area (Å²) in [4.78, 5) is 6.33. The molecule has 1 atom stereocenters. The Kier molecular flexibility index (Phi) is 4.30. The van der Waals surface area contributed by atoms with Gasteiger partial charge in [0.25, 0.3) is 0 Å². The van der Waals surface area contributed by atoms with Gasteiger partial charge in [-0.05, 0) is 5.56 Å². The fraction of sp³-hybridized carbons (Fsp3) is 0.583. The van der Waals surface area contributed by atoms with Crippen molar-refractivity contribution in [3.8, 4) is 5.88 Å². The van der Waals surface area contributed by atoms with Gasteiger partial charge in [-0.15, -0.1) is 0 Å². The molecule has 0 spiro atoms. The standard InChI is InChI=1S/C12H18N2O3/c1-16-12-3-2-10(6-13-12)7-14-4-5-17-9-11(15)8-14/h2-3,6,11,15H,4-5,7-9H2,1H3/t11-/m1/s1. The van der Waals surface area contributed by atoms with Gasteiger partial charge in [0.2, 0.25) is 5.88 Å². The maximum atomic E-state index is 9.62. The molecule has 0 aliphatic carbocycles. The number of aliphatic hydroxyl groups is 1. The van der Waals surface area contributed by atoms with Crippen molar-refractivity contribution in [3.63, 3.8) is 0 Å². The van der Waals surface area contributed by atoms with Crippen molar-refractivity contribution in [2.45, 2.75) is 12.6 Å². The Balaban J connectivity index is 1.94. The highest BCUT2D eigenvalue weighted by Gasteiger charge is 2.16. The summed E-state index contributed by atoms with van der Waals surface area (Å²) < 4.78 is 10.3. The summed E-state index contributed by atoms with van der Waals surface area (Å²) in [5, 5.41) is 9.62. The van der Waals surface area contributed by atoms with E-state index in [0.717, 1.165) is 18.7 Å². The van der Waals surface area contributed by atoms with Crippen molar-refractivity contribution in [3.05, 3.63) is 23.9 Å². The van der Waals surface area contributed by atoms with E-state index < -0.39 is 6.10 Å². The lowest BCUT2D eigenvalue weighted by molar-refractivity contribution is 0.0562. The number of hydrogen-bond acceptors (Lipinski definition) is 5. The van der Waals surface area contributed by atoms with Crippen LogP contribution in [0.3, 0.4) is 0 Å². The van der Waals surface area contributed by atoms with Gasteiger partial charge < -0.3 is 14.6 Å². The molecule has 1 N–H and O–H groups in total. The number of aromatic nitrogens is 1. The topological polar surface area (TPSA) is 54.8 Å². The molecule has 1 aromatic heterocycles. The number of hydrogen-bond donors (Lipinski definition) is 1. The second-order valence-electron chi connectivity index (χ2n) is 4.17. The van der Waals surface area contributed by atoms with E-state index in [1.807, 2.05) is 12.1 Å². The van der Waals surface area contributed by atoms with Gasteiger partial charge >= 0.3 is 0 Å². The molecule has 0 bridgehead atoms. The van der Waals surface area contributed by atoms with E-state index in [-0.39, 0.29) is 0 Å². The minimum atomic E-state index is -0.399. The smallest absolute Gasteiger partial charge is 0.212 e. The molecule has 1 aliphatic rings. The quantitative estimate of drug-likeness (QED) is 0.820. The minimum Gasteiger partial charge on any atom is -0.481 e. The molecule has 5 nitrogen and oxygen atoms in total. The number of aliphatic hydroxyl groups excluding tert-OH is 1. The van der Waals surface area contributed by atoms with Crippen LogP contribution in [0.1, 0.15) is 5.56 Å². The van der Waals surface area contributed by atoms with Gasteiger partial charge in [0, 0.05) is 31.9 Å². The van der Waals surface area contributed by atoms with Crippen molar-refractivity contribution in [2.75, 3.05) is 33.4 Å². The summed E-state index contributed by atoms with van der Waals surface area (Å²) in [6, 6.07) is 3.84. The summed E-state index contributed by atoms with van der Waals surface area (Å²) in [5.41, 5.74) is 1.11. The molecule has 1 saturated heterocycles. The second-order valence-corrected chi connectivity index (χ2v) is 4.17. The highest BCUT2D eigenvalue weighted by atomic mass is 16.5. The first-order valence-electron chi connectivity index (χ1n) is 5.75. The maximum absolute atomic E-state index is 9.62. The molecule has 1 aliphatic heterocycles. The molecule has 1 aromatic rings. The highest BCUT2D eigenvalue weighted by Crippen LogP contribution is 2.10. The van der Waals surface area contributed by atoms with Crippen LogP contribution in [0, 0.1) is 0 Å². The van der Waals surface area contributed by atoms with E-state index in [0.29, 0.717) is 25.6 Å². The highest BCUT2D eigenvalue weighted by molar-refractivity contribution is 5.17. The molecular weight excluding hydrogens is 220 g/mol. The molecule has 2 heterocycles. The van der Waals surface area contributed by atoms with Crippen LogP contribution in [-0.2, 0) is 11.3 Å². The number of methoxy groups -OCH3 is 1. The predicted molar refractivity (Wildman–Crippen MR) is 62.9 cm³/mol. The average Bonchev–Trinajstić information content (AvgIpc) is 2.55. The number of β-amino-alcohol motifs (C(OH)–C–C–N with tert-alkyl or cyclic N) is 1. The summed E-state index contributed by atoms with van der Waals surface area (Å²) in [5.74, 6) is 0.619. The average molecular weight is 238 g/mol. The maximum Gasteiger partial charge on any atom is 0.212 e. The normalized spacial score (nSPS) is 22.1. The molecule has 0 radical (unpaired) electrons. The molecule has 17 heavy (non-hydrogen) atoms. The zero-order valence-electron chi connectivity index (χ0n) is 10.0. The van der Waals surface area contributed by atoms with Gasteiger partial charge in [-0.2, -0.15) is 0 Å². The first-order chi connectivity index (χ1) is 8.28. The number of nitrogens with zero attached hydrogens (tertiary/aromatic N) is 2. The largest absolute Gasteiger partial charge is 0.481 e. The lowest BCUT2D eigenvalue weighted by Gasteiger charge is -2.20. The van der Waals surface area contributed by atoms with Crippen LogP contribution in [0.4, 0.5) is 0 Å². The molecule has 1 fully saturated rings.